The third kappa shape index (κ3) is 2.19. The third-order valence-electron chi connectivity index (χ3n) is 3.03. The first-order valence-electron chi connectivity index (χ1n) is 6.09. The van der Waals surface area contributed by atoms with Gasteiger partial charge in [-0.15, -0.1) is 0 Å². The van der Waals surface area contributed by atoms with Crippen LogP contribution < -0.4 is 5.56 Å². The number of ether oxygens (including phenoxy) is 1. The van der Waals surface area contributed by atoms with E-state index in [-0.39, 0.29) is 17.7 Å². The molecular formula is C14H16N2O3. The minimum absolute atomic E-state index is 0.0909. The Labute approximate surface area is 111 Å². The number of rotatable bonds is 3. The molecule has 0 spiro atoms. The molecule has 1 aromatic heterocycles. The molecule has 19 heavy (non-hydrogen) atoms. The van der Waals surface area contributed by atoms with Gasteiger partial charge in [0.25, 0.3) is 5.56 Å². The smallest absolute Gasteiger partial charge is 0.345 e. The molecule has 0 amide bonds. The second-order valence-electron chi connectivity index (χ2n) is 4.16. The predicted molar refractivity (Wildman–Crippen MR) is 71.7 cm³/mol. The van der Waals surface area contributed by atoms with Crippen molar-refractivity contribution in [1.82, 2.24) is 9.36 Å². The molecule has 0 unspecified atom stereocenters. The summed E-state index contributed by atoms with van der Waals surface area (Å²) in [5.41, 5.74) is 1.04. The van der Waals surface area contributed by atoms with Crippen LogP contribution in [0.4, 0.5) is 0 Å². The van der Waals surface area contributed by atoms with Crippen LogP contribution in [0.15, 0.2) is 35.1 Å². The van der Waals surface area contributed by atoms with E-state index in [1.807, 2.05) is 30.3 Å². The van der Waals surface area contributed by atoms with Gasteiger partial charge in [0.15, 0.2) is 0 Å². The maximum atomic E-state index is 12.4. The van der Waals surface area contributed by atoms with Crippen molar-refractivity contribution in [2.45, 2.75) is 13.8 Å². The lowest BCUT2D eigenvalue weighted by molar-refractivity contribution is 0.0524. The number of hydrogen-bond acceptors (Lipinski definition) is 3. The maximum absolute atomic E-state index is 12.4. The van der Waals surface area contributed by atoms with E-state index < -0.39 is 5.97 Å². The van der Waals surface area contributed by atoms with Crippen LogP contribution in [0, 0.1) is 6.92 Å². The van der Waals surface area contributed by atoms with Crippen LogP contribution >= 0.6 is 0 Å². The van der Waals surface area contributed by atoms with E-state index in [9.17, 15) is 9.59 Å². The van der Waals surface area contributed by atoms with Gasteiger partial charge in [-0.1, -0.05) is 18.2 Å². The lowest BCUT2D eigenvalue weighted by atomic mass is 10.2. The van der Waals surface area contributed by atoms with E-state index in [1.54, 1.807) is 25.6 Å². The Bertz CT molecular complexity index is 653. The minimum Gasteiger partial charge on any atom is -0.462 e. The number of para-hydroxylation sites is 1. The summed E-state index contributed by atoms with van der Waals surface area (Å²) in [6.07, 6.45) is 0. The second-order valence-corrected chi connectivity index (χ2v) is 4.16. The highest BCUT2D eigenvalue weighted by atomic mass is 16.5. The topological polar surface area (TPSA) is 53.2 Å². The van der Waals surface area contributed by atoms with E-state index >= 15 is 0 Å². The molecule has 0 saturated carbocycles. The first kappa shape index (κ1) is 13.1. The van der Waals surface area contributed by atoms with Gasteiger partial charge in [-0.05, 0) is 26.0 Å². The van der Waals surface area contributed by atoms with Crippen molar-refractivity contribution in [3.63, 3.8) is 0 Å². The molecular weight excluding hydrogens is 244 g/mol. The average molecular weight is 260 g/mol. The lowest BCUT2D eigenvalue weighted by Gasteiger charge is -2.07. The van der Waals surface area contributed by atoms with Gasteiger partial charge in [0, 0.05) is 7.05 Å². The Balaban J connectivity index is 2.63. The first-order valence-corrected chi connectivity index (χ1v) is 6.09. The van der Waals surface area contributed by atoms with Gasteiger partial charge in [-0.2, -0.15) is 0 Å². The number of esters is 1. The highest BCUT2D eigenvalue weighted by Gasteiger charge is 2.22. The molecule has 5 nitrogen and oxygen atoms in total. The zero-order valence-electron chi connectivity index (χ0n) is 11.2. The van der Waals surface area contributed by atoms with E-state index in [2.05, 4.69) is 0 Å². The van der Waals surface area contributed by atoms with E-state index in [4.69, 9.17) is 4.74 Å². The molecule has 0 bridgehead atoms. The molecule has 0 fully saturated rings. The molecule has 2 aromatic rings. The number of benzene rings is 1. The third-order valence-corrected chi connectivity index (χ3v) is 3.03. The Morgan fingerprint density at radius 3 is 2.47 bits per heavy atom. The molecule has 100 valence electrons. The van der Waals surface area contributed by atoms with Crippen LogP contribution in [0.5, 0.6) is 0 Å². The Morgan fingerprint density at radius 2 is 1.89 bits per heavy atom. The number of carbonyl (C=O) groups excluding carboxylic acids is 1. The average Bonchev–Trinajstić information content (AvgIpc) is 2.62. The Kier molecular flexibility index (Phi) is 3.55. The Hall–Kier alpha value is -2.30. The van der Waals surface area contributed by atoms with Gasteiger partial charge in [-0.25, -0.2) is 9.48 Å². The molecule has 2 rings (SSSR count). The standard InChI is InChI=1S/C14H16N2O3/c1-4-19-14(18)12-10(2)15(3)16(13(12)17)11-8-6-5-7-9-11/h5-9H,4H2,1-3H3. The predicted octanol–water partition coefficient (Wildman–Crippen LogP) is 1.66. The van der Waals surface area contributed by atoms with E-state index in [0.717, 1.165) is 0 Å². The van der Waals surface area contributed by atoms with Crippen LogP contribution in [0.3, 0.4) is 0 Å². The summed E-state index contributed by atoms with van der Waals surface area (Å²) in [7, 11) is 1.74. The normalized spacial score (nSPS) is 10.5. The summed E-state index contributed by atoms with van der Waals surface area (Å²) < 4.78 is 8.04. The summed E-state index contributed by atoms with van der Waals surface area (Å²) in [4.78, 5) is 24.2. The SMILES string of the molecule is CCOC(=O)c1c(C)n(C)n(-c2ccccc2)c1=O. The van der Waals surface area contributed by atoms with Crippen LogP contribution in [0.25, 0.3) is 5.69 Å². The molecule has 1 aromatic carbocycles. The fourth-order valence-electron chi connectivity index (χ4n) is 2.01. The minimum atomic E-state index is -0.574. The number of nitrogens with zero attached hydrogens (tertiary/aromatic N) is 2. The highest BCUT2D eigenvalue weighted by Crippen LogP contribution is 2.10. The van der Waals surface area contributed by atoms with Gasteiger partial charge < -0.3 is 4.74 Å². The van der Waals surface area contributed by atoms with Crippen molar-refractivity contribution in [2.75, 3.05) is 6.61 Å². The maximum Gasteiger partial charge on any atom is 0.345 e. The molecule has 0 radical (unpaired) electrons. The molecule has 0 aliphatic rings. The quantitative estimate of drug-likeness (QED) is 0.789. The number of hydrogen-bond donors (Lipinski definition) is 0. The van der Waals surface area contributed by atoms with Crippen molar-refractivity contribution in [3.05, 3.63) is 51.9 Å². The summed E-state index contributed by atoms with van der Waals surface area (Å²) in [5, 5.41) is 0. The number of carbonyl (C=O) groups is 1. The van der Waals surface area contributed by atoms with Crippen molar-refractivity contribution in [2.24, 2.45) is 7.05 Å². The van der Waals surface area contributed by atoms with Gasteiger partial charge >= 0.3 is 5.97 Å². The summed E-state index contributed by atoms with van der Waals surface area (Å²) in [6, 6.07) is 9.18. The fraction of sp³-hybridized carbons (Fsp3) is 0.286. The van der Waals surface area contributed by atoms with Crippen molar-refractivity contribution in [3.8, 4) is 5.69 Å². The van der Waals surface area contributed by atoms with Crippen molar-refractivity contribution in [1.29, 1.82) is 0 Å². The van der Waals surface area contributed by atoms with Crippen molar-refractivity contribution >= 4 is 5.97 Å². The summed E-state index contributed by atoms with van der Waals surface area (Å²) in [6.45, 7) is 3.69. The molecule has 0 saturated heterocycles. The van der Waals surface area contributed by atoms with Gasteiger partial charge in [-0.3, -0.25) is 9.48 Å². The summed E-state index contributed by atoms with van der Waals surface area (Å²) in [5.74, 6) is -0.574. The van der Waals surface area contributed by atoms with E-state index in [1.165, 1.54) is 4.68 Å². The molecule has 1 heterocycles. The monoisotopic (exact) mass is 260 g/mol. The van der Waals surface area contributed by atoms with Crippen LogP contribution in [-0.2, 0) is 11.8 Å². The zero-order chi connectivity index (χ0) is 14.0. The number of aromatic nitrogens is 2. The molecule has 0 atom stereocenters. The molecule has 5 heteroatoms. The van der Waals surface area contributed by atoms with Gasteiger partial charge in [0.05, 0.1) is 18.0 Å². The van der Waals surface area contributed by atoms with E-state index in [0.29, 0.717) is 11.4 Å². The lowest BCUT2D eigenvalue weighted by Crippen LogP contribution is -2.23. The van der Waals surface area contributed by atoms with Crippen molar-refractivity contribution < 1.29 is 9.53 Å². The molecule has 0 aliphatic heterocycles. The van der Waals surface area contributed by atoms with Crippen LogP contribution in [0.2, 0.25) is 0 Å². The largest absolute Gasteiger partial charge is 0.462 e. The fourth-order valence-corrected chi connectivity index (χ4v) is 2.01. The molecule has 0 N–H and O–H groups in total. The Morgan fingerprint density at radius 1 is 1.26 bits per heavy atom. The second kappa shape index (κ2) is 5.14. The highest BCUT2D eigenvalue weighted by molar-refractivity contribution is 5.90. The van der Waals surface area contributed by atoms with Gasteiger partial charge in [0.2, 0.25) is 0 Å². The first-order chi connectivity index (χ1) is 9.07. The molecule has 0 aliphatic carbocycles. The summed E-state index contributed by atoms with van der Waals surface area (Å²) >= 11 is 0. The van der Waals surface area contributed by atoms with Crippen LogP contribution in [0.1, 0.15) is 23.0 Å². The zero-order valence-corrected chi connectivity index (χ0v) is 11.2. The van der Waals surface area contributed by atoms with Crippen LogP contribution in [-0.4, -0.2) is 21.9 Å². The van der Waals surface area contributed by atoms with Gasteiger partial charge in [0.1, 0.15) is 5.56 Å².